The molecule has 0 saturated carbocycles. The monoisotopic (exact) mass is 177 g/mol. The molecular formula is C7H15NO2S. The van der Waals surface area contributed by atoms with Crippen molar-refractivity contribution in [3.63, 3.8) is 0 Å². The second kappa shape index (κ2) is 6.34. The fraction of sp³-hybridized carbons (Fsp3) is 0.857. The van der Waals surface area contributed by atoms with Gasteiger partial charge in [0.05, 0.1) is 0 Å². The van der Waals surface area contributed by atoms with Crippen LogP contribution in [0.3, 0.4) is 0 Å². The van der Waals surface area contributed by atoms with Crippen molar-refractivity contribution in [1.82, 2.24) is 4.90 Å². The van der Waals surface area contributed by atoms with E-state index in [4.69, 9.17) is 0 Å². The predicted octanol–water partition coefficient (Wildman–Crippen LogP) is 2.09. The standard InChI is InChI=1S/C7H15NO2S/c1-3-5-8(6-4-2)7(9)10-11/h11H,3-6H2,1-2H3. The van der Waals surface area contributed by atoms with Gasteiger partial charge in [0.1, 0.15) is 0 Å². The van der Waals surface area contributed by atoms with Crippen molar-refractivity contribution in [1.29, 1.82) is 0 Å². The summed E-state index contributed by atoms with van der Waals surface area (Å²) in [6.45, 7) is 5.53. The molecule has 0 aromatic heterocycles. The molecule has 0 bridgehead atoms. The number of carbonyl (C=O) groups is 1. The highest BCUT2D eigenvalue weighted by atomic mass is 32.1. The molecule has 0 unspecified atom stereocenters. The van der Waals surface area contributed by atoms with E-state index in [1.165, 1.54) is 0 Å². The van der Waals surface area contributed by atoms with E-state index in [0.717, 1.165) is 25.9 Å². The molecule has 0 heterocycles. The van der Waals surface area contributed by atoms with E-state index in [1.807, 2.05) is 13.8 Å². The van der Waals surface area contributed by atoms with Gasteiger partial charge in [0.15, 0.2) is 0 Å². The number of hydrogen-bond donors (Lipinski definition) is 1. The molecule has 0 fully saturated rings. The molecule has 0 saturated heterocycles. The van der Waals surface area contributed by atoms with Crippen LogP contribution in [0.1, 0.15) is 26.7 Å². The number of hydrogen-bond acceptors (Lipinski definition) is 3. The van der Waals surface area contributed by atoms with Crippen LogP contribution in [-0.2, 0) is 4.18 Å². The van der Waals surface area contributed by atoms with Gasteiger partial charge in [-0.1, -0.05) is 13.8 Å². The molecule has 3 nitrogen and oxygen atoms in total. The molecule has 0 aromatic rings. The second-order valence-corrected chi connectivity index (χ2v) is 2.53. The molecule has 0 aliphatic rings. The van der Waals surface area contributed by atoms with Crippen molar-refractivity contribution in [2.45, 2.75) is 26.7 Å². The summed E-state index contributed by atoms with van der Waals surface area (Å²) in [4.78, 5) is 12.6. The minimum absolute atomic E-state index is 0.350. The average molecular weight is 177 g/mol. The van der Waals surface area contributed by atoms with Crippen molar-refractivity contribution in [3.05, 3.63) is 0 Å². The Bertz CT molecular complexity index is 113. The maximum absolute atomic E-state index is 10.9. The molecule has 0 rings (SSSR count). The first-order valence-corrected chi connectivity index (χ1v) is 4.23. The zero-order chi connectivity index (χ0) is 8.69. The van der Waals surface area contributed by atoms with Crippen LogP contribution in [0.5, 0.6) is 0 Å². The van der Waals surface area contributed by atoms with Gasteiger partial charge in [-0.3, -0.25) is 0 Å². The van der Waals surface area contributed by atoms with Crippen LogP contribution in [0, 0.1) is 0 Å². The Balaban J connectivity index is 3.76. The lowest BCUT2D eigenvalue weighted by atomic mass is 10.4. The first-order valence-electron chi connectivity index (χ1n) is 3.86. The van der Waals surface area contributed by atoms with Gasteiger partial charge >= 0.3 is 6.09 Å². The fourth-order valence-corrected chi connectivity index (χ4v) is 1.01. The summed E-state index contributed by atoms with van der Waals surface area (Å²) in [6.07, 6.45) is 1.54. The number of amides is 1. The smallest absolute Gasteiger partial charge is 0.378 e. The molecule has 11 heavy (non-hydrogen) atoms. The number of carbonyl (C=O) groups excluding carboxylic acids is 1. The summed E-state index contributed by atoms with van der Waals surface area (Å²) in [5.74, 6) is 0. The van der Waals surface area contributed by atoms with E-state index >= 15 is 0 Å². The Kier molecular flexibility index (Phi) is 6.12. The lowest BCUT2D eigenvalue weighted by Crippen LogP contribution is -2.31. The van der Waals surface area contributed by atoms with E-state index in [0.29, 0.717) is 0 Å². The van der Waals surface area contributed by atoms with E-state index < -0.39 is 0 Å². The number of thiol groups is 1. The van der Waals surface area contributed by atoms with Gasteiger partial charge in [-0.2, -0.15) is 0 Å². The van der Waals surface area contributed by atoms with Gasteiger partial charge in [0.2, 0.25) is 0 Å². The number of rotatable bonds is 4. The van der Waals surface area contributed by atoms with E-state index in [2.05, 4.69) is 17.1 Å². The van der Waals surface area contributed by atoms with Crippen LogP contribution in [0.2, 0.25) is 0 Å². The van der Waals surface area contributed by atoms with Crippen molar-refractivity contribution in [2.75, 3.05) is 13.1 Å². The minimum Gasteiger partial charge on any atom is -0.378 e. The van der Waals surface area contributed by atoms with Crippen molar-refractivity contribution in [2.24, 2.45) is 0 Å². The largest absolute Gasteiger partial charge is 0.421 e. The lowest BCUT2D eigenvalue weighted by Gasteiger charge is -2.18. The molecule has 0 spiro atoms. The van der Waals surface area contributed by atoms with Gasteiger partial charge in [-0.25, -0.2) is 4.79 Å². The first-order chi connectivity index (χ1) is 5.26. The summed E-state index contributed by atoms with van der Waals surface area (Å²) >= 11 is 3.45. The van der Waals surface area contributed by atoms with Crippen LogP contribution in [0.4, 0.5) is 4.79 Å². The van der Waals surface area contributed by atoms with Gasteiger partial charge in [-0.15, -0.1) is 0 Å². The topological polar surface area (TPSA) is 29.5 Å². The fourth-order valence-electron chi connectivity index (χ4n) is 0.892. The molecule has 66 valence electrons. The van der Waals surface area contributed by atoms with Gasteiger partial charge in [0.25, 0.3) is 0 Å². The third kappa shape index (κ3) is 4.14. The normalized spacial score (nSPS) is 9.36. The first kappa shape index (κ1) is 10.6. The quantitative estimate of drug-likeness (QED) is 0.526. The second-order valence-electron chi connectivity index (χ2n) is 2.34. The molecule has 0 aliphatic carbocycles. The van der Waals surface area contributed by atoms with Crippen LogP contribution in [0.25, 0.3) is 0 Å². The summed E-state index contributed by atoms with van der Waals surface area (Å²) in [5, 5.41) is 0. The molecule has 0 aliphatic heterocycles. The predicted molar refractivity (Wildman–Crippen MR) is 47.6 cm³/mol. The molecule has 0 radical (unpaired) electrons. The molecular weight excluding hydrogens is 162 g/mol. The van der Waals surface area contributed by atoms with Crippen molar-refractivity contribution < 1.29 is 8.98 Å². The third-order valence-electron chi connectivity index (χ3n) is 1.32. The Morgan fingerprint density at radius 2 is 1.82 bits per heavy atom. The summed E-state index contributed by atoms with van der Waals surface area (Å²) in [6, 6.07) is 0. The van der Waals surface area contributed by atoms with Crippen molar-refractivity contribution >= 4 is 19.0 Å². The molecule has 0 N–H and O–H groups in total. The van der Waals surface area contributed by atoms with Gasteiger partial charge < -0.3 is 9.08 Å². The zero-order valence-corrected chi connectivity index (χ0v) is 7.93. The van der Waals surface area contributed by atoms with E-state index in [9.17, 15) is 4.79 Å². The Labute approximate surface area is 73.3 Å². The molecule has 4 heteroatoms. The van der Waals surface area contributed by atoms with Crippen LogP contribution in [-0.4, -0.2) is 24.1 Å². The average Bonchev–Trinajstić information content (AvgIpc) is 2.03. The maximum atomic E-state index is 10.9. The molecule has 0 atom stereocenters. The van der Waals surface area contributed by atoms with Gasteiger partial charge in [-0.05, 0) is 12.8 Å². The van der Waals surface area contributed by atoms with E-state index in [-0.39, 0.29) is 6.09 Å². The Hall–Kier alpha value is -0.380. The highest BCUT2D eigenvalue weighted by molar-refractivity contribution is 7.75. The summed E-state index contributed by atoms with van der Waals surface area (Å²) < 4.78 is 4.30. The van der Waals surface area contributed by atoms with Crippen molar-refractivity contribution in [3.8, 4) is 0 Å². The highest BCUT2D eigenvalue weighted by Gasteiger charge is 2.10. The highest BCUT2D eigenvalue weighted by Crippen LogP contribution is 1.98. The summed E-state index contributed by atoms with van der Waals surface area (Å²) in [7, 11) is 0. The van der Waals surface area contributed by atoms with Crippen LogP contribution in [0.15, 0.2) is 0 Å². The maximum Gasteiger partial charge on any atom is 0.421 e. The summed E-state index contributed by atoms with van der Waals surface area (Å²) in [5.41, 5.74) is 0. The number of nitrogens with zero attached hydrogens (tertiary/aromatic N) is 1. The third-order valence-corrected chi connectivity index (χ3v) is 1.48. The van der Waals surface area contributed by atoms with E-state index in [1.54, 1.807) is 4.90 Å². The SMILES string of the molecule is CCCN(CCC)C(=O)OS. The van der Waals surface area contributed by atoms with Crippen LogP contribution < -0.4 is 0 Å². The minimum atomic E-state index is -0.350. The van der Waals surface area contributed by atoms with Gasteiger partial charge in [0, 0.05) is 26.0 Å². The zero-order valence-electron chi connectivity index (χ0n) is 7.04. The molecule has 0 aromatic carbocycles. The molecule has 1 amide bonds. The lowest BCUT2D eigenvalue weighted by molar-refractivity contribution is 0.161. The Morgan fingerprint density at radius 1 is 1.36 bits per heavy atom. The Morgan fingerprint density at radius 3 is 2.09 bits per heavy atom. The van der Waals surface area contributed by atoms with Crippen LogP contribution >= 0.6 is 12.9 Å².